The molecule has 0 radical (unpaired) electrons. The van der Waals surface area contributed by atoms with Crippen molar-refractivity contribution < 1.29 is 24.0 Å². The highest BCUT2D eigenvalue weighted by molar-refractivity contribution is 5.85. The molecule has 0 bridgehead atoms. The van der Waals surface area contributed by atoms with Gasteiger partial charge >= 0.3 is 0 Å². The molecule has 7 heteroatoms. The molecular weight excluding hydrogens is 382 g/mol. The lowest BCUT2D eigenvalue weighted by molar-refractivity contribution is -0.909. The Bertz CT molecular complexity index is 805. The van der Waals surface area contributed by atoms with Crippen molar-refractivity contribution >= 4 is 11.8 Å². The lowest BCUT2D eigenvalue weighted by atomic mass is 10.0. The Labute approximate surface area is 177 Å². The molecule has 30 heavy (non-hydrogen) atoms. The average molecular weight is 413 g/mol. The van der Waals surface area contributed by atoms with Gasteiger partial charge < -0.3 is 25.0 Å². The van der Waals surface area contributed by atoms with Crippen molar-refractivity contribution in [1.29, 1.82) is 0 Å². The van der Waals surface area contributed by atoms with Crippen molar-refractivity contribution in [3.05, 3.63) is 65.7 Å². The number of hydrogen-bond donors (Lipinski definition) is 3. The van der Waals surface area contributed by atoms with Gasteiger partial charge in [-0.1, -0.05) is 48.0 Å². The van der Waals surface area contributed by atoms with Gasteiger partial charge in [-0.25, -0.2) is 0 Å². The van der Waals surface area contributed by atoms with Crippen molar-refractivity contribution in [3.8, 4) is 5.75 Å². The number of morpholine rings is 1. The fraction of sp³-hybridized carbons (Fsp3) is 0.391. The summed E-state index contributed by atoms with van der Waals surface area (Å²) in [6, 6.07) is 17.2. The summed E-state index contributed by atoms with van der Waals surface area (Å²) in [5.41, 5.74) is 2.24. The zero-order chi connectivity index (χ0) is 21.2. The number of carbonyl (C=O) groups excluding carboxylic acids is 2. The Kier molecular flexibility index (Phi) is 8.23. The molecule has 2 amide bonds. The van der Waals surface area contributed by atoms with Gasteiger partial charge in [-0.05, 0) is 24.6 Å². The van der Waals surface area contributed by atoms with Crippen LogP contribution < -0.4 is 20.3 Å². The van der Waals surface area contributed by atoms with E-state index in [1.54, 1.807) is 12.1 Å². The van der Waals surface area contributed by atoms with Gasteiger partial charge in [0.1, 0.15) is 31.4 Å². The van der Waals surface area contributed by atoms with Crippen LogP contribution in [0.1, 0.15) is 17.2 Å². The molecule has 3 rings (SSSR count). The van der Waals surface area contributed by atoms with Gasteiger partial charge in [-0.2, -0.15) is 0 Å². The Morgan fingerprint density at radius 1 is 1.03 bits per heavy atom. The van der Waals surface area contributed by atoms with Crippen LogP contribution in [0.2, 0.25) is 0 Å². The third-order valence-corrected chi connectivity index (χ3v) is 5.07. The minimum absolute atomic E-state index is 0.0855. The fourth-order valence-corrected chi connectivity index (χ4v) is 3.34. The number of rotatable bonds is 9. The van der Waals surface area contributed by atoms with Gasteiger partial charge in [0, 0.05) is 0 Å². The number of benzene rings is 2. The first-order chi connectivity index (χ1) is 14.6. The molecule has 0 aromatic heterocycles. The molecule has 7 nitrogen and oxygen atoms in total. The van der Waals surface area contributed by atoms with Crippen LogP contribution in [0, 0.1) is 6.92 Å². The maximum absolute atomic E-state index is 12.5. The molecule has 2 aromatic carbocycles. The molecule has 1 fully saturated rings. The zero-order valence-corrected chi connectivity index (χ0v) is 17.4. The molecule has 1 saturated heterocycles. The lowest BCUT2D eigenvalue weighted by Crippen LogP contribution is -3.14. The molecule has 1 atom stereocenters. The smallest absolute Gasteiger partial charge is 0.258 e. The van der Waals surface area contributed by atoms with E-state index in [1.807, 2.05) is 49.4 Å². The normalized spacial score (nSPS) is 15.2. The first kappa shape index (κ1) is 21.8. The van der Waals surface area contributed by atoms with E-state index in [0.717, 1.165) is 38.4 Å². The molecule has 3 N–H and O–H groups in total. The number of carbonyl (C=O) groups is 2. The van der Waals surface area contributed by atoms with Crippen molar-refractivity contribution in [2.75, 3.05) is 46.0 Å². The summed E-state index contributed by atoms with van der Waals surface area (Å²) in [5.74, 6) is 0.0611. The van der Waals surface area contributed by atoms with E-state index < -0.39 is 0 Å². The summed E-state index contributed by atoms with van der Waals surface area (Å²) in [4.78, 5) is 25.9. The van der Waals surface area contributed by atoms with Crippen molar-refractivity contribution in [2.24, 2.45) is 0 Å². The summed E-state index contributed by atoms with van der Waals surface area (Å²) < 4.78 is 10.8. The minimum atomic E-state index is -0.334. The molecule has 1 aliphatic heterocycles. The third-order valence-electron chi connectivity index (χ3n) is 5.07. The van der Waals surface area contributed by atoms with E-state index in [-0.39, 0.29) is 31.0 Å². The standard InChI is InChI=1S/C23H29N3O4/c1-18-7-9-19(10-8-18)21(16-26-11-13-29-14-12-26)25-22(27)15-24-23(28)17-30-20-5-3-2-4-6-20/h2-10,21H,11-17H2,1H3,(H,24,28)(H,25,27)/p+1/t21-/m1/s1. The molecule has 160 valence electrons. The van der Waals surface area contributed by atoms with E-state index in [2.05, 4.69) is 10.6 Å². The monoisotopic (exact) mass is 412 g/mol. The third kappa shape index (κ3) is 7.17. The number of para-hydroxylation sites is 1. The summed E-state index contributed by atoms with van der Waals surface area (Å²) in [6.45, 7) is 5.93. The second kappa shape index (κ2) is 11.3. The predicted molar refractivity (Wildman–Crippen MR) is 113 cm³/mol. The van der Waals surface area contributed by atoms with Crippen LogP contribution >= 0.6 is 0 Å². The average Bonchev–Trinajstić information content (AvgIpc) is 2.78. The Morgan fingerprint density at radius 3 is 2.43 bits per heavy atom. The van der Waals surface area contributed by atoms with Gasteiger partial charge in [0.15, 0.2) is 6.61 Å². The number of quaternary nitrogens is 1. The number of nitrogens with one attached hydrogen (secondary N) is 3. The molecule has 0 spiro atoms. The minimum Gasteiger partial charge on any atom is -0.484 e. The highest BCUT2D eigenvalue weighted by atomic mass is 16.5. The second-order valence-electron chi connectivity index (χ2n) is 7.48. The van der Waals surface area contributed by atoms with Crippen LogP contribution in [-0.2, 0) is 14.3 Å². The molecular formula is C23H30N3O4+. The predicted octanol–water partition coefficient (Wildman–Crippen LogP) is 0.263. The maximum atomic E-state index is 12.5. The van der Waals surface area contributed by atoms with Crippen LogP contribution in [0.3, 0.4) is 0 Å². The lowest BCUT2D eigenvalue weighted by Gasteiger charge is -2.28. The molecule has 2 aromatic rings. The van der Waals surface area contributed by atoms with Gasteiger partial charge in [0.25, 0.3) is 5.91 Å². The first-order valence-corrected chi connectivity index (χ1v) is 10.3. The number of hydrogen-bond acceptors (Lipinski definition) is 4. The number of amides is 2. The second-order valence-corrected chi connectivity index (χ2v) is 7.48. The fourth-order valence-electron chi connectivity index (χ4n) is 3.34. The molecule has 0 aliphatic carbocycles. The Balaban J connectivity index is 1.50. The molecule has 1 aliphatic rings. The molecule has 0 unspecified atom stereocenters. The maximum Gasteiger partial charge on any atom is 0.258 e. The highest BCUT2D eigenvalue weighted by Gasteiger charge is 2.23. The molecule has 0 saturated carbocycles. The van der Waals surface area contributed by atoms with Crippen molar-refractivity contribution in [2.45, 2.75) is 13.0 Å². The zero-order valence-electron chi connectivity index (χ0n) is 17.4. The van der Waals surface area contributed by atoms with Gasteiger partial charge in [0.2, 0.25) is 5.91 Å². The topological polar surface area (TPSA) is 81.1 Å². The highest BCUT2D eigenvalue weighted by Crippen LogP contribution is 2.12. The van der Waals surface area contributed by atoms with Crippen LogP contribution in [-0.4, -0.2) is 57.8 Å². The van der Waals surface area contributed by atoms with Crippen LogP contribution in [0.15, 0.2) is 54.6 Å². The van der Waals surface area contributed by atoms with E-state index in [0.29, 0.717) is 5.75 Å². The largest absolute Gasteiger partial charge is 0.484 e. The Morgan fingerprint density at radius 2 is 1.73 bits per heavy atom. The van der Waals surface area contributed by atoms with Crippen molar-refractivity contribution in [3.63, 3.8) is 0 Å². The number of ether oxygens (including phenoxy) is 2. The van der Waals surface area contributed by atoms with Crippen LogP contribution in [0.25, 0.3) is 0 Å². The van der Waals surface area contributed by atoms with E-state index >= 15 is 0 Å². The van der Waals surface area contributed by atoms with E-state index in [1.165, 1.54) is 10.5 Å². The van der Waals surface area contributed by atoms with Gasteiger partial charge in [-0.15, -0.1) is 0 Å². The van der Waals surface area contributed by atoms with E-state index in [9.17, 15) is 9.59 Å². The summed E-state index contributed by atoms with van der Waals surface area (Å²) in [7, 11) is 0. The van der Waals surface area contributed by atoms with Crippen LogP contribution in [0.5, 0.6) is 5.75 Å². The Hall–Kier alpha value is -2.90. The summed E-state index contributed by atoms with van der Waals surface area (Å²) >= 11 is 0. The van der Waals surface area contributed by atoms with Crippen molar-refractivity contribution in [1.82, 2.24) is 10.6 Å². The summed E-state index contributed by atoms with van der Waals surface area (Å²) in [6.07, 6.45) is 0. The quantitative estimate of drug-likeness (QED) is 0.552. The number of aryl methyl sites for hydroxylation is 1. The van der Waals surface area contributed by atoms with Crippen LogP contribution in [0.4, 0.5) is 0 Å². The summed E-state index contributed by atoms with van der Waals surface area (Å²) in [5, 5.41) is 5.69. The van der Waals surface area contributed by atoms with E-state index in [4.69, 9.17) is 9.47 Å². The first-order valence-electron chi connectivity index (χ1n) is 10.3. The van der Waals surface area contributed by atoms with Gasteiger partial charge in [0.05, 0.1) is 19.8 Å². The van der Waals surface area contributed by atoms with Gasteiger partial charge in [-0.3, -0.25) is 9.59 Å². The molecule has 1 heterocycles. The SMILES string of the molecule is Cc1ccc([C@@H](C[NH+]2CCOCC2)NC(=O)CNC(=O)COc2ccccc2)cc1.